The maximum atomic E-state index is 4.53. The SMILES string of the molecule is c1ccc(-c2nc(-c3ccc4ccccc4c3)n[nH]2)nc1. The first-order valence-corrected chi connectivity index (χ1v) is 6.73. The molecule has 0 unspecified atom stereocenters. The summed E-state index contributed by atoms with van der Waals surface area (Å²) in [5, 5.41) is 9.63. The van der Waals surface area contributed by atoms with Gasteiger partial charge in [-0.1, -0.05) is 42.5 Å². The van der Waals surface area contributed by atoms with Gasteiger partial charge in [-0.05, 0) is 29.0 Å². The van der Waals surface area contributed by atoms with E-state index in [-0.39, 0.29) is 0 Å². The summed E-state index contributed by atoms with van der Waals surface area (Å²) in [6, 6.07) is 20.2. The fourth-order valence-corrected chi connectivity index (χ4v) is 2.34. The third-order valence-electron chi connectivity index (χ3n) is 3.40. The molecule has 4 aromatic rings. The molecule has 0 aliphatic carbocycles. The van der Waals surface area contributed by atoms with E-state index >= 15 is 0 Å². The van der Waals surface area contributed by atoms with E-state index in [1.165, 1.54) is 10.8 Å². The molecule has 0 aliphatic rings. The third kappa shape index (κ3) is 2.17. The molecule has 4 heteroatoms. The largest absolute Gasteiger partial charge is 0.257 e. The summed E-state index contributed by atoms with van der Waals surface area (Å²) >= 11 is 0. The molecule has 1 N–H and O–H groups in total. The molecule has 4 nitrogen and oxygen atoms in total. The highest BCUT2D eigenvalue weighted by Crippen LogP contribution is 2.23. The fourth-order valence-electron chi connectivity index (χ4n) is 2.34. The molecular formula is C17H12N4. The van der Waals surface area contributed by atoms with Crippen molar-refractivity contribution in [3.8, 4) is 22.9 Å². The molecule has 4 rings (SSSR count). The van der Waals surface area contributed by atoms with E-state index in [2.05, 4.69) is 44.4 Å². The first-order valence-electron chi connectivity index (χ1n) is 6.73. The summed E-state index contributed by atoms with van der Waals surface area (Å²) < 4.78 is 0. The number of H-pyrrole nitrogens is 1. The van der Waals surface area contributed by atoms with Crippen molar-refractivity contribution in [3.63, 3.8) is 0 Å². The Labute approximate surface area is 121 Å². The zero-order valence-corrected chi connectivity index (χ0v) is 11.2. The topological polar surface area (TPSA) is 54.5 Å². The lowest BCUT2D eigenvalue weighted by atomic mass is 10.1. The van der Waals surface area contributed by atoms with Gasteiger partial charge in [0.2, 0.25) is 0 Å². The fraction of sp³-hybridized carbons (Fsp3) is 0. The molecule has 2 heterocycles. The van der Waals surface area contributed by atoms with Gasteiger partial charge in [0, 0.05) is 11.8 Å². The summed E-state index contributed by atoms with van der Waals surface area (Å²) in [5.74, 6) is 1.36. The summed E-state index contributed by atoms with van der Waals surface area (Å²) in [4.78, 5) is 8.80. The summed E-state index contributed by atoms with van der Waals surface area (Å²) in [7, 11) is 0. The van der Waals surface area contributed by atoms with Gasteiger partial charge in [0.1, 0.15) is 5.69 Å². The second-order valence-corrected chi connectivity index (χ2v) is 4.78. The van der Waals surface area contributed by atoms with E-state index in [0.29, 0.717) is 11.6 Å². The van der Waals surface area contributed by atoms with Crippen LogP contribution in [0.15, 0.2) is 66.9 Å². The van der Waals surface area contributed by atoms with Crippen molar-refractivity contribution in [3.05, 3.63) is 66.9 Å². The highest BCUT2D eigenvalue weighted by Gasteiger charge is 2.08. The number of benzene rings is 2. The van der Waals surface area contributed by atoms with Crippen LogP contribution in [0.2, 0.25) is 0 Å². The third-order valence-corrected chi connectivity index (χ3v) is 3.40. The Bertz CT molecular complexity index is 897. The number of nitrogens with one attached hydrogen (secondary N) is 1. The maximum Gasteiger partial charge on any atom is 0.181 e. The standard InChI is InChI=1S/C17H12N4/c1-2-6-13-11-14(9-8-12(13)5-1)16-19-17(21-20-16)15-7-3-4-10-18-15/h1-11H,(H,19,20,21). The van der Waals surface area contributed by atoms with Gasteiger partial charge in [-0.25, -0.2) is 4.98 Å². The molecule has 100 valence electrons. The molecule has 0 saturated heterocycles. The molecule has 0 radical (unpaired) electrons. The second-order valence-electron chi connectivity index (χ2n) is 4.78. The molecule has 0 atom stereocenters. The molecule has 2 aromatic carbocycles. The van der Waals surface area contributed by atoms with Crippen LogP contribution in [0.3, 0.4) is 0 Å². The van der Waals surface area contributed by atoms with Crippen molar-refractivity contribution in [2.45, 2.75) is 0 Å². The van der Waals surface area contributed by atoms with Gasteiger partial charge in [-0.15, -0.1) is 0 Å². The number of hydrogen-bond donors (Lipinski definition) is 1. The molecule has 0 amide bonds. The molecular weight excluding hydrogens is 260 g/mol. The lowest BCUT2D eigenvalue weighted by molar-refractivity contribution is 1.09. The minimum atomic E-state index is 0.679. The number of aromatic nitrogens is 4. The van der Waals surface area contributed by atoms with Crippen LogP contribution in [0.1, 0.15) is 0 Å². The minimum absolute atomic E-state index is 0.679. The molecule has 0 bridgehead atoms. The van der Waals surface area contributed by atoms with Crippen molar-refractivity contribution in [1.29, 1.82) is 0 Å². The smallest absolute Gasteiger partial charge is 0.181 e. The molecule has 0 saturated carbocycles. The van der Waals surface area contributed by atoms with Crippen molar-refractivity contribution in [2.75, 3.05) is 0 Å². The number of rotatable bonds is 2. The Kier molecular flexibility index (Phi) is 2.71. The van der Waals surface area contributed by atoms with E-state index in [9.17, 15) is 0 Å². The highest BCUT2D eigenvalue weighted by atomic mass is 15.2. The van der Waals surface area contributed by atoms with Crippen LogP contribution in [0.4, 0.5) is 0 Å². The van der Waals surface area contributed by atoms with Gasteiger partial charge in [-0.2, -0.15) is 5.10 Å². The molecule has 0 fully saturated rings. The van der Waals surface area contributed by atoms with Gasteiger partial charge in [-0.3, -0.25) is 10.1 Å². The van der Waals surface area contributed by atoms with Gasteiger partial charge < -0.3 is 0 Å². The Balaban J connectivity index is 1.77. The zero-order chi connectivity index (χ0) is 14.1. The lowest BCUT2D eigenvalue weighted by Gasteiger charge is -1.99. The molecule has 0 aliphatic heterocycles. The van der Waals surface area contributed by atoms with E-state index in [0.717, 1.165) is 11.3 Å². The molecule has 21 heavy (non-hydrogen) atoms. The Morgan fingerprint density at radius 3 is 2.52 bits per heavy atom. The first kappa shape index (κ1) is 11.8. The second kappa shape index (κ2) is 4.83. The molecule has 2 aromatic heterocycles. The van der Waals surface area contributed by atoms with Gasteiger partial charge in [0.05, 0.1) is 0 Å². The number of hydrogen-bond acceptors (Lipinski definition) is 3. The van der Waals surface area contributed by atoms with Crippen LogP contribution < -0.4 is 0 Å². The van der Waals surface area contributed by atoms with Gasteiger partial charge in [0.15, 0.2) is 11.6 Å². The monoisotopic (exact) mass is 272 g/mol. The van der Waals surface area contributed by atoms with Crippen molar-refractivity contribution in [2.24, 2.45) is 0 Å². The molecule has 0 spiro atoms. The predicted molar refractivity (Wildman–Crippen MR) is 82.6 cm³/mol. The zero-order valence-electron chi connectivity index (χ0n) is 11.2. The Morgan fingerprint density at radius 2 is 1.67 bits per heavy atom. The lowest BCUT2D eigenvalue weighted by Crippen LogP contribution is -1.84. The van der Waals surface area contributed by atoms with E-state index in [4.69, 9.17) is 0 Å². The average Bonchev–Trinajstić information content (AvgIpc) is 3.05. The van der Waals surface area contributed by atoms with Crippen LogP contribution >= 0.6 is 0 Å². The predicted octanol–water partition coefficient (Wildman–Crippen LogP) is 3.69. The van der Waals surface area contributed by atoms with Crippen molar-refractivity contribution >= 4 is 10.8 Å². The number of nitrogens with zero attached hydrogens (tertiary/aromatic N) is 3. The Hall–Kier alpha value is -3.01. The number of fused-ring (bicyclic) bond motifs is 1. The van der Waals surface area contributed by atoms with Crippen LogP contribution in [0.25, 0.3) is 33.7 Å². The van der Waals surface area contributed by atoms with Gasteiger partial charge >= 0.3 is 0 Å². The highest BCUT2D eigenvalue weighted by molar-refractivity contribution is 5.86. The summed E-state index contributed by atoms with van der Waals surface area (Å²) in [6.07, 6.45) is 1.74. The van der Waals surface area contributed by atoms with Crippen molar-refractivity contribution in [1.82, 2.24) is 20.2 Å². The Morgan fingerprint density at radius 1 is 0.810 bits per heavy atom. The normalized spacial score (nSPS) is 10.9. The van der Waals surface area contributed by atoms with Crippen LogP contribution in [-0.2, 0) is 0 Å². The summed E-state index contributed by atoms with van der Waals surface area (Å²) in [6.45, 7) is 0. The van der Waals surface area contributed by atoms with E-state index in [1.54, 1.807) is 6.20 Å². The summed E-state index contributed by atoms with van der Waals surface area (Å²) in [5.41, 5.74) is 1.78. The maximum absolute atomic E-state index is 4.53. The average molecular weight is 272 g/mol. The van der Waals surface area contributed by atoms with Crippen molar-refractivity contribution < 1.29 is 0 Å². The first-order chi connectivity index (χ1) is 10.4. The van der Waals surface area contributed by atoms with Gasteiger partial charge in [0.25, 0.3) is 0 Å². The quantitative estimate of drug-likeness (QED) is 0.605. The minimum Gasteiger partial charge on any atom is -0.257 e. The van der Waals surface area contributed by atoms with E-state index < -0.39 is 0 Å². The van der Waals surface area contributed by atoms with E-state index in [1.807, 2.05) is 36.4 Å². The number of aromatic amines is 1. The van der Waals surface area contributed by atoms with Crippen LogP contribution in [0, 0.1) is 0 Å². The number of pyridine rings is 1. The van der Waals surface area contributed by atoms with Crippen LogP contribution in [0.5, 0.6) is 0 Å². The van der Waals surface area contributed by atoms with Crippen LogP contribution in [-0.4, -0.2) is 20.2 Å².